The molecule has 1 aromatic carbocycles. The van der Waals surface area contributed by atoms with Crippen molar-refractivity contribution in [2.24, 2.45) is 5.92 Å². The molecule has 8 nitrogen and oxygen atoms in total. The van der Waals surface area contributed by atoms with E-state index in [1.54, 1.807) is 12.5 Å². The molecular weight excluding hydrogens is 461 g/mol. The molecule has 0 saturated carbocycles. The summed E-state index contributed by atoms with van der Waals surface area (Å²) in [7, 11) is -3.99. The number of alkyl halides is 3. The van der Waals surface area contributed by atoms with Crippen LogP contribution in [0.5, 0.6) is 5.75 Å². The fraction of sp³-hybridized carbons (Fsp3) is 0.524. The van der Waals surface area contributed by atoms with E-state index >= 15 is 0 Å². The summed E-state index contributed by atoms with van der Waals surface area (Å²) in [5, 5.41) is 0. The summed E-state index contributed by atoms with van der Waals surface area (Å²) >= 11 is 0. The summed E-state index contributed by atoms with van der Waals surface area (Å²) in [6.45, 7) is 1.56. The molecule has 33 heavy (non-hydrogen) atoms. The standard InChI is InChI=1S/C21H25F3N4O4S/c22-21(23,24)32-18-2-1-3-19(14-18)33(30,31)28-11-4-16(5-12-28)20(29)26-9-6-17(7-10-26)27-13-8-25-15-27/h1-3,8,13-17H,4-7,9-12H2. The zero-order chi connectivity index (χ0) is 23.6. The van der Waals surface area contributed by atoms with Crippen LogP contribution >= 0.6 is 0 Å². The number of amides is 1. The smallest absolute Gasteiger partial charge is 0.406 e. The van der Waals surface area contributed by atoms with Crippen LogP contribution in [-0.4, -0.2) is 65.6 Å². The van der Waals surface area contributed by atoms with Gasteiger partial charge < -0.3 is 14.2 Å². The van der Waals surface area contributed by atoms with Crippen molar-refractivity contribution in [2.75, 3.05) is 26.2 Å². The second-order valence-corrected chi connectivity index (χ2v) is 10.2. The van der Waals surface area contributed by atoms with Gasteiger partial charge in [0.15, 0.2) is 0 Å². The van der Waals surface area contributed by atoms with Crippen molar-refractivity contribution in [1.82, 2.24) is 18.8 Å². The molecule has 0 spiro atoms. The van der Waals surface area contributed by atoms with Crippen molar-refractivity contribution in [3.63, 3.8) is 0 Å². The van der Waals surface area contributed by atoms with Crippen molar-refractivity contribution >= 4 is 15.9 Å². The molecule has 2 aliphatic heterocycles. The maximum absolute atomic E-state index is 13.0. The molecule has 0 unspecified atom stereocenters. The van der Waals surface area contributed by atoms with E-state index in [1.807, 2.05) is 11.1 Å². The molecule has 3 heterocycles. The molecule has 180 valence electrons. The minimum absolute atomic E-state index is 0.0386. The third-order valence-electron chi connectivity index (χ3n) is 6.20. The number of nitrogens with zero attached hydrogens (tertiary/aromatic N) is 4. The van der Waals surface area contributed by atoms with Crippen LogP contribution in [0.2, 0.25) is 0 Å². The summed E-state index contributed by atoms with van der Waals surface area (Å²) in [6.07, 6.45) is 2.95. The van der Waals surface area contributed by atoms with E-state index in [4.69, 9.17) is 0 Å². The highest BCUT2D eigenvalue weighted by atomic mass is 32.2. The topological polar surface area (TPSA) is 84.7 Å². The Morgan fingerprint density at radius 3 is 2.36 bits per heavy atom. The number of hydrogen-bond acceptors (Lipinski definition) is 5. The molecule has 2 aliphatic rings. The first-order chi connectivity index (χ1) is 15.6. The van der Waals surface area contributed by atoms with Crippen molar-refractivity contribution in [2.45, 2.75) is 43.0 Å². The molecular formula is C21H25F3N4O4S. The third-order valence-corrected chi connectivity index (χ3v) is 8.10. The number of benzene rings is 1. The number of aromatic nitrogens is 2. The normalized spacial score (nSPS) is 19.5. The lowest BCUT2D eigenvalue weighted by molar-refractivity contribution is -0.274. The van der Waals surface area contributed by atoms with E-state index in [2.05, 4.69) is 14.3 Å². The van der Waals surface area contributed by atoms with Crippen molar-refractivity contribution in [3.8, 4) is 5.75 Å². The first-order valence-corrected chi connectivity index (χ1v) is 12.2. The molecule has 4 rings (SSSR count). The molecule has 2 aromatic rings. The van der Waals surface area contributed by atoms with Crippen LogP contribution in [0.25, 0.3) is 0 Å². The molecule has 1 amide bonds. The summed E-state index contributed by atoms with van der Waals surface area (Å²) in [5.74, 6) is -0.814. The number of piperidine rings is 2. The highest BCUT2D eigenvalue weighted by Gasteiger charge is 2.36. The van der Waals surface area contributed by atoms with Gasteiger partial charge in [0.2, 0.25) is 15.9 Å². The number of rotatable bonds is 5. The molecule has 0 bridgehead atoms. The number of likely N-dealkylation sites (tertiary alicyclic amines) is 1. The average molecular weight is 487 g/mol. The minimum Gasteiger partial charge on any atom is -0.406 e. The maximum Gasteiger partial charge on any atom is 0.573 e. The molecule has 2 fully saturated rings. The van der Waals surface area contributed by atoms with Gasteiger partial charge >= 0.3 is 6.36 Å². The molecule has 0 atom stereocenters. The van der Waals surface area contributed by atoms with Gasteiger partial charge in [-0.15, -0.1) is 13.2 Å². The number of hydrogen-bond donors (Lipinski definition) is 0. The van der Waals surface area contributed by atoms with Crippen LogP contribution in [0.4, 0.5) is 13.2 Å². The van der Waals surface area contributed by atoms with Gasteiger partial charge in [-0.05, 0) is 37.8 Å². The summed E-state index contributed by atoms with van der Waals surface area (Å²) in [4.78, 5) is 18.6. The lowest BCUT2D eigenvalue weighted by Crippen LogP contribution is -2.46. The second-order valence-electron chi connectivity index (χ2n) is 8.27. The van der Waals surface area contributed by atoms with E-state index in [0.29, 0.717) is 32.0 Å². The average Bonchev–Trinajstić information content (AvgIpc) is 3.33. The van der Waals surface area contributed by atoms with Crippen LogP contribution in [0.3, 0.4) is 0 Å². The fourth-order valence-corrected chi connectivity index (χ4v) is 5.96. The molecule has 2 saturated heterocycles. The Hall–Kier alpha value is -2.60. The molecule has 0 aliphatic carbocycles. The van der Waals surface area contributed by atoms with Gasteiger partial charge in [0.25, 0.3) is 0 Å². The van der Waals surface area contributed by atoms with Crippen LogP contribution < -0.4 is 4.74 Å². The first-order valence-electron chi connectivity index (χ1n) is 10.8. The number of ether oxygens (including phenoxy) is 1. The maximum atomic E-state index is 13.0. The fourth-order valence-electron chi connectivity index (χ4n) is 4.45. The van der Waals surface area contributed by atoms with E-state index in [-0.39, 0.29) is 29.8 Å². The molecule has 0 radical (unpaired) electrons. The Kier molecular flexibility index (Phi) is 6.66. The van der Waals surface area contributed by atoms with Crippen LogP contribution in [0, 0.1) is 5.92 Å². The van der Waals surface area contributed by atoms with E-state index in [0.717, 1.165) is 25.0 Å². The predicted molar refractivity (Wildman–Crippen MR) is 112 cm³/mol. The number of carbonyl (C=O) groups excluding carboxylic acids is 1. The first kappa shape index (κ1) is 23.6. The molecule has 12 heteroatoms. The number of sulfonamides is 1. The number of carbonyl (C=O) groups is 1. The Labute approximate surface area is 190 Å². The Bertz CT molecular complexity index is 1060. The van der Waals surface area contributed by atoms with Gasteiger partial charge in [-0.1, -0.05) is 6.07 Å². The second kappa shape index (κ2) is 9.34. The monoisotopic (exact) mass is 486 g/mol. The van der Waals surface area contributed by atoms with Crippen LogP contribution in [0.1, 0.15) is 31.7 Å². The van der Waals surface area contributed by atoms with Crippen LogP contribution in [0.15, 0.2) is 47.9 Å². The van der Waals surface area contributed by atoms with Crippen molar-refractivity contribution in [3.05, 3.63) is 43.0 Å². The summed E-state index contributed by atoms with van der Waals surface area (Å²) in [5.41, 5.74) is 0. The highest BCUT2D eigenvalue weighted by Crippen LogP contribution is 2.30. The van der Waals surface area contributed by atoms with Gasteiger partial charge in [0, 0.05) is 56.6 Å². The van der Waals surface area contributed by atoms with Gasteiger partial charge in [-0.25, -0.2) is 13.4 Å². The van der Waals surface area contributed by atoms with E-state index < -0.39 is 22.1 Å². The van der Waals surface area contributed by atoms with Gasteiger partial charge in [-0.3, -0.25) is 4.79 Å². The Morgan fingerprint density at radius 1 is 1.06 bits per heavy atom. The lowest BCUT2D eigenvalue weighted by atomic mass is 9.95. The quantitative estimate of drug-likeness (QED) is 0.649. The lowest BCUT2D eigenvalue weighted by Gasteiger charge is -2.37. The molecule has 0 N–H and O–H groups in total. The molecule has 1 aromatic heterocycles. The SMILES string of the molecule is O=C(C1CCN(S(=O)(=O)c2cccc(OC(F)(F)F)c2)CC1)N1CCC(n2ccnc2)CC1. The number of halogens is 3. The zero-order valence-corrected chi connectivity index (χ0v) is 18.6. The van der Waals surface area contributed by atoms with Crippen molar-refractivity contribution < 1.29 is 31.1 Å². The zero-order valence-electron chi connectivity index (χ0n) is 17.8. The Morgan fingerprint density at radius 2 is 1.76 bits per heavy atom. The minimum atomic E-state index is -4.91. The Balaban J connectivity index is 1.33. The van der Waals surface area contributed by atoms with Crippen molar-refractivity contribution in [1.29, 1.82) is 0 Å². The van der Waals surface area contributed by atoms with Gasteiger partial charge in [0.05, 0.1) is 11.2 Å². The predicted octanol–water partition coefficient (Wildman–Crippen LogP) is 3.05. The summed E-state index contributed by atoms with van der Waals surface area (Å²) in [6, 6.07) is 4.68. The van der Waals surface area contributed by atoms with E-state index in [1.165, 1.54) is 16.4 Å². The largest absolute Gasteiger partial charge is 0.573 e. The van der Waals surface area contributed by atoms with Crippen LogP contribution in [-0.2, 0) is 14.8 Å². The van der Waals surface area contributed by atoms with Gasteiger partial charge in [-0.2, -0.15) is 4.31 Å². The third kappa shape index (κ3) is 5.49. The summed E-state index contributed by atoms with van der Waals surface area (Å²) < 4.78 is 70.3. The highest BCUT2D eigenvalue weighted by molar-refractivity contribution is 7.89. The number of imidazole rings is 1. The van der Waals surface area contributed by atoms with E-state index in [9.17, 15) is 26.4 Å². The van der Waals surface area contributed by atoms with Gasteiger partial charge in [0.1, 0.15) is 5.75 Å².